The second kappa shape index (κ2) is 4.42. The molecule has 1 unspecified atom stereocenters. The zero-order chi connectivity index (χ0) is 9.78. The molecule has 0 saturated heterocycles. The molecule has 3 N–H and O–H groups in total. The van der Waals surface area contributed by atoms with Crippen LogP contribution in [-0.4, -0.2) is 31.2 Å². The van der Waals surface area contributed by atoms with Crippen LogP contribution in [0.3, 0.4) is 0 Å². The largest absolute Gasteiger partial charge is 0.369 e. The van der Waals surface area contributed by atoms with E-state index in [1.165, 1.54) is 7.11 Å². The highest BCUT2D eigenvalue weighted by Gasteiger charge is 2.26. The van der Waals surface area contributed by atoms with Crippen molar-refractivity contribution < 1.29 is 9.53 Å². The zero-order valence-electron chi connectivity index (χ0n) is 8.18. The van der Waals surface area contributed by atoms with Crippen molar-refractivity contribution in [2.75, 3.05) is 13.7 Å². The van der Waals surface area contributed by atoms with Gasteiger partial charge in [-0.05, 0) is 20.8 Å². The van der Waals surface area contributed by atoms with Gasteiger partial charge in [0.05, 0.1) is 0 Å². The van der Waals surface area contributed by atoms with Crippen LogP contribution >= 0.6 is 0 Å². The fraction of sp³-hybridized carbons (Fsp3) is 0.875. The summed E-state index contributed by atoms with van der Waals surface area (Å²) in [5.41, 5.74) is 4.70. The third-order valence-electron chi connectivity index (χ3n) is 1.64. The second-order valence-electron chi connectivity index (χ2n) is 3.40. The Balaban J connectivity index is 3.88. The van der Waals surface area contributed by atoms with Crippen LogP contribution in [0.5, 0.6) is 0 Å². The normalized spacial score (nSPS) is 14.1. The van der Waals surface area contributed by atoms with E-state index >= 15 is 0 Å². The van der Waals surface area contributed by atoms with Gasteiger partial charge in [0.25, 0.3) is 5.91 Å². The Morgan fingerprint density at radius 1 is 1.67 bits per heavy atom. The van der Waals surface area contributed by atoms with Crippen molar-refractivity contribution in [1.29, 1.82) is 0 Å². The van der Waals surface area contributed by atoms with Crippen molar-refractivity contribution in [2.45, 2.75) is 32.4 Å². The first kappa shape index (κ1) is 11.4. The first-order valence-corrected chi connectivity index (χ1v) is 3.99. The average molecular weight is 174 g/mol. The van der Waals surface area contributed by atoms with E-state index in [4.69, 9.17) is 10.5 Å². The highest BCUT2D eigenvalue weighted by Crippen LogP contribution is 2.06. The van der Waals surface area contributed by atoms with Gasteiger partial charge in [0.2, 0.25) is 0 Å². The molecule has 1 amide bonds. The molecular weight excluding hydrogens is 156 g/mol. The van der Waals surface area contributed by atoms with Crippen molar-refractivity contribution in [3.05, 3.63) is 0 Å². The van der Waals surface area contributed by atoms with Gasteiger partial charge in [-0.25, -0.2) is 0 Å². The maximum Gasteiger partial charge on any atom is 0.251 e. The van der Waals surface area contributed by atoms with E-state index in [0.717, 1.165) is 0 Å². The van der Waals surface area contributed by atoms with E-state index < -0.39 is 5.60 Å². The van der Waals surface area contributed by atoms with Crippen molar-refractivity contribution in [1.82, 2.24) is 5.32 Å². The Labute approximate surface area is 73.5 Å². The summed E-state index contributed by atoms with van der Waals surface area (Å²) in [6.45, 7) is 5.73. The number of amides is 1. The van der Waals surface area contributed by atoms with Crippen LogP contribution in [0.15, 0.2) is 0 Å². The number of nitrogens with two attached hydrogens (primary N) is 1. The summed E-state index contributed by atoms with van der Waals surface area (Å²) in [7, 11) is 1.51. The quantitative estimate of drug-likeness (QED) is 0.624. The Hall–Kier alpha value is -0.610. The molecule has 0 fully saturated rings. The molecule has 0 rings (SSSR count). The fourth-order valence-corrected chi connectivity index (χ4v) is 0.559. The highest BCUT2D eigenvalue weighted by molar-refractivity contribution is 5.84. The molecule has 0 saturated carbocycles. The summed E-state index contributed by atoms with van der Waals surface area (Å²) < 4.78 is 4.98. The van der Waals surface area contributed by atoms with E-state index in [0.29, 0.717) is 6.54 Å². The summed E-state index contributed by atoms with van der Waals surface area (Å²) in [5, 5.41) is 2.68. The lowest BCUT2D eigenvalue weighted by molar-refractivity contribution is -0.139. The monoisotopic (exact) mass is 174 g/mol. The molecule has 0 spiro atoms. The first-order chi connectivity index (χ1) is 5.40. The van der Waals surface area contributed by atoms with Gasteiger partial charge in [0.15, 0.2) is 0 Å². The molecule has 0 aromatic heterocycles. The Kier molecular flexibility index (Phi) is 4.20. The molecule has 0 aliphatic heterocycles. The van der Waals surface area contributed by atoms with E-state index in [1.54, 1.807) is 13.8 Å². The van der Waals surface area contributed by atoms with Gasteiger partial charge in [-0.1, -0.05) is 0 Å². The standard InChI is InChI=1S/C8H18N2O2/c1-6(9)5-10-7(11)8(2,3)12-4/h6H,5,9H2,1-4H3,(H,10,11). The van der Waals surface area contributed by atoms with Gasteiger partial charge < -0.3 is 15.8 Å². The van der Waals surface area contributed by atoms with Crippen molar-refractivity contribution in [3.63, 3.8) is 0 Å². The molecule has 12 heavy (non-hydrogen) atoms. The number of carbonyl (C=O) groups excluding carboxylic acids is 1. The minimum atomic E-state index is -0.769. The van der Waals surface area contributed by atoms with Gasteiger partial charge in [-0.15, -0.1) is 0 Å². The topological polar surface area (TPSA) is 64.3 Å². The second-order valence-corrected chi connectivity index (χ2v) is 3.40. The average Bonchev–Trinajstić information content (AvgIpc) is 2.00. The van der Waals surface area contributed by atoms with Crippen LogP contribution in [0.2, 0.25) is 0 Å². The van der Waals surface area contributed by atoms with Gasteiger partial charge in [0.1, 0.15) is 5.60 Å². The van der Waals surface area contributed by atoms with Gasteiger partial charge in [-0.3, -0.25) is 4.79 Å². The Morgan fingerprint density at radius 3 is 2.50 bits per heavy atom. The van der Waals surface area contributed by atoms with E-state index in [1.807, 2.05) is 6.92 Å². The number of nitrogens with one attached hydrogen (secondary N) is 1. The fourth-order valence-electron chi connectivity index (χ4n) is 0.559. The predicted molar refractivity (Wildman–Crippen MR) is 47.7 cm³/mol. The van der Waals surface area contributed by atoms with Crippen molar-refractivity contribution in [3.8, 4) is 0 Å². The van der Waals surface area contributed by atoms with E-state index in [9.17, 15) is 4.79 Å². The number of hydrogen-bond acceptors (Lipinski definition) is 3. The number of ether oxygens (including phenoxy) is 1. The van der Waals surface area contributed by atoms with Gasteiger partial charge >= 0.3 is 0 Å². The number of methoxy groups -OCH3 is 1. The first-order valence-electron chi connectivity index (χ1n) is 3.99. The number of hydrogen-bond donors (Lipinski definition) is 2. The Morgan fingerprint density at radius 2 is 2.17 bits per heavy atom. The molecule has 0 bridgehead atoms. The van der Waals surface area contributed by atoms with E-state index in [-0.39, 0.29) is 11.9 Å². The van der Waals surface area contributed by atoms with E-state index in [2.05, 4.69) is 5.32 Å². The molecule has 0 heterocycles. The van der Waals surface area contributed by atoms with Gasteiger partial charge in [-0.2, -0.15) is 0 Å². The van der Waals surface area contributed by atoms with Gasteiger partial charge in [0, 0.05) is 19.7 Å². The summed E-state index contributed by atoms with van der Waals surface area (Å²) in [4.78, 5) is 11.3. The molecule has 0 aliphatic rings. The predicted octanol–water partition coefficient (Wildman–Crippen LogP) is -0.125. The minimum absolute atomic E-state index is 0.0263. The van der Waals surface area contributed by atoms with Crippen LogP contribution in [0.25, 0.3) is 0 Å². The lowest BCUT2D eigenvalue weighted by atomic mass is 10.1. The van der Waals surface area contributed by atoms with Crippen LogP contribution < -0.4 is 11.1 Å². The summed E-state index contributed by atoms with van der Waals surface area (Å²) in [6.07, 6.45) is 0. The molecule has 4 nitrogen and oxygen atoms in total. The smallest absolute Gasteiger partial charge is 0.251 e. The molecule has 0 aromatic carbocycles. The number of carbonyl (C=O) groups is 1. The lowest BCUT2D eigenvalue weighted by Gasteiger charge is -2.22. The summed E-state index contributed by atoms with van der Waals surface area (Å²) >= 11 is 0. The summed E-state index contributed by atoms with van der Waals surface area (Å²) in [5.74, 6) is -0.137. The molecule has 0 aliphatic carbocycles. The Bertz CT molecular complexity index is 155. The molecular formula is C8H18N2O2. The molecule has 72 valence electrons. The van der Waals surface area contributed by atoms with Crippen LogP contribution in [0.4, 0.5) is 0 Å². The highest BCUT2D eigenvalue weighted by atomic mass is 16.5. The molecule has 0 aromatic rings. The minimum Gasteiger partial charge on any atom is -0.369 e. The number of rotatable bonds is 4. The van der Waals surface area contributed by atoms with Crippen LogP contribution in [-0.2, 0) is 9.53 Å². The molecule has 4 heteroatoms. The van der Waals surface area contributed by atoms with Crippen molar-refractivity contribution >= 4 is 5.91 Å². The van der Waals surface area contributed by atoms with Crippen LogP contribution in [0.1, 0.15) is 20.8 Å². The van der Waals surface area contributed by atoms with Crippen LogP contribution in [0, 0.1) is 0 Å². The molecule has 1 atom stereocenters. The SMILES string of the molecule is COC(C)(C)C(=O)NCC(C)N. The summed E-state index contributed by atoms with van der Waals surface area (Å²) in [6, 6.07) is -0.0263. The molecule has 0 radical (unpaired) electrons. The maximum absolute atomic E-state index is 11.3. The third-order valence-corrected chi connectivity index (χ3v) is 1.64. The lowest BCUT2D eigenvalue weighted by Crippen LogP contribution is -2.46. The van der Waals surface area contributed by atoms with Crippen molar-refractivity contribution in [2.24, 2.45) is 5.73 Å². The maximum atomic E-state index is 11.3. The third kappa shape index (κ3) is 3.69. The zero-order valence-corrected chi connectivity index (χ0v) is 8.18.